The van der Waals surface area contributed by atoms with Crippen LogP contribution in [0.1, 0.15) is 101 Å². The number of esters is 1. The van der Waals surface area contributed by atoms with Crippen LogP contribution >= 0.6 is 0 Å². The number of ether oxygens (including phenoxy) is 7. The number of aliphatic hydroxyl groups is 5. The van der Waals surface area contributed by atoms with E-state index in [-0.39, 0.29) is 43.2 Å². The van der Waals surface area contributed by atoms with Crippen LogP contribution in [0.2, 0.25) is 0 Å². The molecule has 1 aromatic carbocycles. The van der Waals surface area contributed by atoms with Crippen molar-refractivity contribution in [3.05, 3.63) is 36.2 Å². The van der Waals surface area contributed by atoms with E-state index >= 15 is 0 Å². The molecule has 23 nitrogen and oxygen atoms in total. The number of anilines is 1. The van der Waals surface area contributed by atoms with Crippen molar-refractivity contribution in [1.82, 2.24) is 24.8 Å². The third-order valence-electron chi connectivity index (χ3n) is 16.1. The van der Waals surface area contributed by atoms with Gasteiger partial charge in [-0.05, 0) is 106 Å². The van der Waals surface area contributed by atoms with Crippen LogP contribution in [0.5, 0.6) is 0 Å². The summed E-state index contributed by atoms with van der Waals surface area (Å²) in [6.07, 6.45) is -8.66. The SMILES string of the molecule is CC[C@H]1OC(=O)[C@H](C)[C@H](O[C@@H]2C[C@@](C)(OC)[C@@H](O)[C@H](C)O2)[C@@H](C)[C@H](O[C@@H]2O[C@H](C)C[C@H](N(C)CCc3cn(C[C@H]4CN(c5cccc(S(N)(=O)=O)c5)C(=O)O4)nn3)[C@H]2O)[C@](C)(O)C[C@@H](C)CN(C)[C@H](C)[C@@H](O)[C@]1(C)O. The van der Waals surface area contributed by atoms with Gasteiger partial charge in [-0.1, -0.05) is 32.1 Å². The Kier molecular flexibility index (Phi) is 19.7. The summed E-state index contributed by atoms with van der Waals surface area (Å²) in [4.78, 5) is 32.4. The van der Waals surface area contributed by atoms with Crippen LogP contribution in [0, 0.1) is 17.8 Å². The van der Waals surface area contributed by atoms with Crippen LogP contribution in [0.15, 0.2) is 35.4 Å². The predicted octanol–water partition coefficient (Wildman–Crippen LogP) is 1.78. The van der Waals surface area contributed by atoms with E-state index < -0.39 is 130 Å². The van der Waals surface area contributed by atoms with Gasteiger partial charge in [0.15, 0.2) is 12.6 Å². The highest BCUT2D eigenvalue weighted by Gasteiger charge is 2.53. The van der Waals surface area contributed by atoms with Crippen LogP contribution in [0.4, 0.5) is 10.5 Å². The number of hydrogen-bond acceptors (Lipinski definition) is 20. The van der Waals surface area contributed by atoms with Crippen molar-refractivity contribution in [1.29, 1.82) is 0 Å². The van der Waals surface area contributed by atoms with E-state index in [1.807, 2.05) is 37.7 Å². The lowest BCUT2D eigenvalue weighted by atomic mass is 9.77. The highest BCUT2D eigenvalue weighted by molar-refractivity contribution is 7.89. The van der Waals surface area contributed by atoms with Crippen LogP contribution in [0.3, 0.4) is 0 Å². The van der Waals surface area contributed by atoms with Gasteiger partial charge in [-0.25, -0.2) is 23.0 Å². The molecule has 426 valence electrons. The van der Waals surface area contributed by atoms with Gasteiger partial charge in [0.1, 0.15) is 36.1 Å². The molecule has 0 saturated carbocycles. The molecule has 4 fully saturated rings. The second kappa shape index (κ2) is 24.3. The molecule has 24 heteroatoms. The van der Waals surface area contributed by atoms with Gasteiger partial charge in [0.05, 0.1) is 65.2 Å². The largest absolute Gasteiger partial charge is 0.459 e. The summed E-state index contributed by atoms with van der Waals surface area (Å²) in [7, 11) is 1.19. The number of benzene rings is 1. The van der Waals surface area contributed by atoms with E-state index in [1.165, 1.54) is 37.1 Å². The summed E-state index contributed by atoms with van der Waals surface area (Å²) in [6, 6.07) is 4.65. The number of amides is 1. The molecule has 7 N–H and O–H groups in total. The summed E-state index contributed by atoms with van der Waals surface area (Å²) >= 11 is 0. The normalized spacial score (nSPS) is 40.2. The minimum atomic E-state index is -3.99. The minimum Gasteiger partial charge on any atom is -0.459 e. The van der Waals surface area contributed by atoms with Crippen molar-refractivity contribution in [3.8, 4) is 0 Å². The number of aliphatic hydroxyl groups excluding tert-OH is 3. The first-order valence-corrected chi connectivity index (χ1v) is 27.7. The maximum Gasteiger partial charge on any atom is 0.414 e. The quantitative estimate of drug-likeness (QED) is 0.147. The standard InChI is InChI=1S/C51H85N7O16S/c1-14-39-51(10,65)43(60)32(6)56(12)24-28(2)22-49(8,64)45(30(4)42(31(5)46(62)72-39)73-40-23-50(9,68-13)44(61)33(7)70-40)74-47-41(59)38(20-29(3)69-47)55(11)19-18-34-25-57(54-53-34)26-36-27-58(48(63)71-36)35-16-15-17-37(21-35)75(52,66)67/h15-17,21,25,28-33,36,38-45,47,59-61,64-65H,14,18-20,22-24,26-27H2,1-13H3,(H2,52,66,67)/t28-,29-,30-,31-,32-,33+,36+,38+,39-,40-,41-,42-,43-,44+,45+,47+,49-,50-,51-/m1/s1. The number of methoxy groups -OCH3 is 1. The van der Waals surface area contributed by atoms with E-state index in [0.29, 0.717) is 37.3 Å². The number of hydrogen-bond donors (Lipinski definition) is 6. The molecule has 0 radical (unpaired) electrons. The molecule has 4 aliphatic heterocycles. The van der Waals surface area contributed by atoms with Gasteiger partial charge < -0.3 is 68.5 Å². The van der Waals surface area contributed by atoms with Crippen molar-refractivity contribution < 1.29 is 76.7 Å². The van der Waals surface area contributed by atoms with Gasteiger partial charge in [0, 0.05) is 62.9 Å². The molecule has 1 amide bonds. The Balaban J connectivity index is 1.22. The van der Waals surface area contributed by atoms with E-state index in [2.05, 4.69) is 10.3 Å². The Labute approximate surface area is 441 Å². The number of carbonyl (C=O) groups excluding carboxylic acids is 2. The van der Waals surface area contributed by atoms with Crippen molar-refractivity contribution in [2.24, 2.45) is 22.9 Å². The van der Waals surface area contributed by atoms with E-state index in [9.17, 15) is 43.5 Å². The van der Waals surface area contributed by atoms with E-state index in [0.717, 1.165) is 0 Å². The zero-order valence-electron chi connectivity index (χ0n) is 45.9. The third-order valence-corrected chi connectivity index (χ3v) is 17.1. The molecule has 0 bridgehead atoms. The molecule has 5 heterocycles. The van der Waals surface area contributed by atoms with Gasteiger partial charge in [-0.2, -0.15) is 0 Å². The van der Waals surface area contributed by atoms with Crippen molar-refractivity contribution in [2.75, 3.05) is 45.7 Å². The third kappa shape index (κ3) is 14.1. The van der Waals surface area contributed by atoms with E-state index in [4.69, 9.17) is 38.3 Å². The van der Waals surface area contributed by atoms with Crippen molar-refractivity contribution >= 4 is 27.8 Å². The Morgan fingerprint density at radius 1 is 0.960 bits per heavy atom. The number of sulfonamides is 1. The second-order valence-corrected chi connectivity index (χ2v) is 24.1. The first-order chi connectivity index (χ1) is 34.9. The lowest BCUT2D eigenvalue weighted by Gasteiger charge is -2.49. The number of rotatable bonds is 14. The molecule has 4 saturated heterocycles. The molecule has 0 unspecified atom stereocenters. The molecular formula is C51H85N7O16S. The summed E-state index contributed by atoms with van der Waals surface area (Å²) < 4.78 is 69.2. The van der Waals surface area contributed by atoms with Gasteiger partial charge in [-0.3, -0.25) is 9.69 Å². The number of cyclic esters (lactones) is 2. The first-order valence-electron chi connectivity index (χ1n) is 26.2. The average Bonchev–Trinajstić information content (AvgIpc) is 3.96. The molecule has 4 aliphatic rings. The topological polar surface area (TPSA) is 300 Å². The summed E-state index contributed by atoms with van der Waals surface area (Å²) in [5.74, 6) is -2.92. The van der Waals surface area contributed by atoms with Gasteiger partial charge in [-0.15, -0.1) is 5.10 Å². The smallest absolute Gasteiger partial charge is 0.414 e. The fraction of sp³-hybridized carbons (Fsp3) is 0.804. The summed E-state index contributed by atoms with van der Waals surface area (Å²) in [6.45, 7) is 18.5. The molecule has 75 heavy (non-hydrogen) atoms. The van der Waals surface area contributed by atoms with Crippen LogP contribution in [-0.4, -0.2) is 208 Å². The Hall–Kier alpha value is -3.47. The second-order valence-electron chi connectivity index (χ2n) is 22.5. The Morgan fingerprint density at radius 2 is 1.65 bits per heavy atom. The molecule has 0 aliphatic carbocycles. The average molecular weight is 1080 g/mol. The minimum absolute atomic E-state index is 0.0747. The molecular weight excluding hydrogens is 999 g/mol. The first kappa shape index (κ1) is 60.8. The van der Waals surface area contributed by atoms with Crippen LogP contribution in [0.25, 0.3) is 0 Å². The maximum absolute atomic E-state index is 14.5. The zero-order valence-corrected chi connectivity index (χ0v) is 46.7. The summed E-state index contributed by atoms with van der Waals surface area (Å²) in [5.41, 5.74) is -3.66. The highest BCUT2D eigenvalue weighted by Crippen LogP contribution is 2.40. The monoisotopic (exact) mass is 1080 g/mol. The Morgan fingerprint density at radius 3 is 2.31 bits per heavy atom. The Bertz CT molecular complexity index is 2350. The van der Waals surface area contributed by atoms with Gasteiger partial charge in [0.2, 0.25) is 10.0 Å². The fourth-order valence-corrected chi connectivity index (χ4v) is 12.1. The van der Waals surface area contributed by atoms with Crippen molar-refractivity contribution in [3.63, 3.8) is 0 Å². The van der Waals surface area contributed by atoms with Gasteiger partial charge >= 0.3 is 12.1 Å². The number of nitrogens with zero attached hydrogens (tertiary/aromatic N) is 6. The molecule has 1 aromatic heterocycles. The number of primary sulfonamides is 1. The molecule has 0 spiro atoms. The number of likely N-dealkylation sites (N-methyl/N-ethyl adjacent to an activating group) is 2. The van der Waals surface area contributed by atoms with Gasteiger partial charge in [0.25, 0.3) is 0 Å². The maximum atomic E-state index is 14.5. The van der Waals surface area contributed by atoms with Crippen LogP contribution < -0.4 is 10.0 Å². The lowest BCUT2D eigenvalue weighted by Crippen LogP contribution is -2.61. The van der Waals surface area contributed by atoms with E-state index in [1.54, 1.807) is 65.4 Å². The number of carbonyl (C=O) groups is 2. The van der Waals surface area contributed by atoms with Crippen molar-refractivity contribution in [2.45, 2.75) is 209 Å². The van der Waals surface area contributed by atoms with Crippen LogP contribution in [-0.2, 0) is 60.9 Å². The lowest BCUT2D eigenvalue weighted by molar-refractivity contribution is -0.318. The number of aromatic nitrogens is 3. The number of nitrogens with two attached hydrogens (primary N) is 1. The highest BCUT2D eigenvalue weighted by atomic mass is 32.2. The molecule has 19 atom stereocenters. The molecule has 6 rings (SSSR count). The predicted molar refractivity (Wildman–Crippen MR) is 272 cm³/mol. The zero-order chi connectivity index (χ0) is 55.7. The molecule has 2 aromatic rings. The fourth-order valence-electron chi connectivity index (χ4n) is 11.5. The summed E-state index contributed by atoms with van der Waals surface area (Å²) in [5, 5.41) is 73.6.